The number of hydrogen-bond acceptors (Lipinski definition) is 7. The second-order valence-corrected chi connectivity index (χ2v) is 5.71. The first kappa shape index (κ1) is 18.2. The quantitative estimate of drug-likeness (QED) is 0.458. The van der Waals surface area contributed by atoms with E-state index in [0.717, 1.165) is 19.3 Å². The molecule has 1 aliphatic heterocycles. The zero-order valence-electron chi connectivity index (χ0n) is 13.9. The largest absolute Gasteiger partial charge is 0.493 e. The molecule has 0 bridgehead atoms. The summed E-state index contributed by atoms with van der Waals surface area (Å²) in [6.45, 7) is 0.695. The summed E-state index contributed by atoms with van der Waals surface area (Å²) in [6, 6.07) is 2.46. The van der Waals surface area contributed by atoms with Crippen LogP contribution in [0.25, 0.3) is 0 Å². The lowest BCUT2D eigenvalue weighted by Gasteiger charge is -2.33. The number of ketones is 1. The molecule has 0 aliphatic carbocycles. The normalized spacial score (nSPS) is 18.2. The summed E-state index contributed by atoms with van der Waals surface area (Å²) in [5, 5.41) is 20.8. The topological polar surface area (TPSA) is 102 Å². The van der Waals surface area contributed by atoms with Gasteiger partial charge in [-0.05, 0) is 19.4 Å². The van der Waals surface area contributed by atoms with Crippen LogP contribution in [0.15, 0.2) is 12.1 Å². The number of methoxy groups -OCH3 is 2. The Balaban J connectivity index is 2.31. The molecule has 1 aromatic rings. The monoisotopic (exact) mass is 338 g/mol. The van der Waals surface area contributed by atoms with E-state index in [1.807, 2.05) is 4.90 Å². The number of nitro groups is 1. The Morgan fingerprint density at radius 3 is 2.58 bits per heavy atom. The lowest BCUT2D eigenvalue weighted by molar-refractivity contribution is -0.385. The van der Waals surface area contributed by atoms with Crippen LogP contribution < -0.4 is 9.47 Å². The van der Waals surface area contributed by atoms with E-state index in [1.165, 1.54) is 26.4 Å². The number of carbonyl (C=O) groups is 1. The number of piperidine rings is 1. The molecule has 0 saturated carbocycles. The maximum absolute atomic E-state index is 12.6. The molecule has 8 heteroatoms. The number of carbonyl (C=O) groups excluding carboxylic acids is 1. The van der Waals surface area contributed by atoms with Gasteiger partial charge in [0.15, 0.2) is 17.3 Å². The first-order chi connectivity index (χ1) is 11.5. The van der Waals surface area contributed by atoms with E-state index >= 15 is 0 Å². The highest BCUT2D eigenvalue weighted by atomic mass is 16.6. The van der Waals surface area contributed by atoms with Crippen LogP contribution in [0.1, 0.15) is 29.6 Å². The molecule has 0 aromatic heterocycles. The van der Waals surface area contributed by atoms with Gasteiger partial charge >= 0.3 is 0 Å². The lowest BCUT2D eigenvalue weighted by atomic mass is 10.0. The third-order valence-corrected chi connectivity index (χ3v) is 4.31. The second-order valence-electron chi connectivity index (χ2n) is 5.71. The molecule has 0 amide bonds. The van der Waals surface area contributed by atoms with E-state index in [1.54, 1.807) is 0 Å². The number of benzene rings is 1. The Morgan fingerprint density at radius 1 is 1.33 bits per heavy atom. The Bertz CT molecular complexity index is 619. The van der Waals surface area contributed by atoms with Crippen LogP contribution in [0.4, 0.5) is 5.69 Å². The predicted molar refractivity (Wildman–Crippen MR) is 86.8 cm³/mol. The number of nitro benzene ring substituents is 1. The van der Waals surface area contributed by atoms with Gasteiger partial charge in [-0.1, -0.05) is 6.42 Å². The summed E-state index contributed by atoms with van der Waals surface area (Å²) in [5.41, 5.74) is -0.324. The molecular weight excluding hydrogens is 316 g/mol. The predicted octanol–water partition coefficient (Wildman–Crippen LogP) is 1.64. The van der Waals surface area contributed by atoms with Crippen LogP contribution in [-0.2, 0) is 0 Å². The zero-order chi connectivity index (χ0) is 17.7. The van der Waals surface area contributed by atoms with Gasteiger partial charge in [-0.2, -0.15) is 0 Å². The Morgan fingerprint density at radius 2 is 2.00 bits per heavy atom. The molecule has 132 valence electrons. The average molecular weight is 338 g/mol. The number of ether oxygens (including phenoxy) is 2. The van der Waals surface area contributed by atoms with E-state index in [4.69, 9.17) is 9.47 Å². The summed E-state index contributed by atoms with van der Waals surface area (Å²) < 4.78 is 10.2. The fourth-order valence-electron chi connectivity index (χ4n) is 2.99. The van der Waals surface area contributed by atoms with Crippen molar-refractivity contribution in [3.63, 3.8) is 0 Å². The van der Waals surface area contributed by atoms with Crippen LogP contribution in [0.3, 0.4) is 0 Å². The van der Waals surface area contributed by atoms with Crippen LogP contribution >= 0.6 is 0 Å². The molecule has 1 aromatic carbocycles. The van der Waals surface area contributed by atoms with Crippen molar-refractivity contribution in [3.05, 3.63) is 27.8 Å². The average Bonchev–Trinajstić information content (AvgIpc) is 2.60. The molecule has 0 radical (unpaired) electrons. The number of likely N-dealkylation sites (tertiary alicyclic amines) is 1. The smallest absolute Gasteiger partial charge is 0.284 e. The van der Waals surface area contributed by atoms with Gasteiger partial charge in [-0.25, -0.2) is 0 Å². The van der Waals surface area contributed by atoms with Gasteiger partial charge in [0.1, 0.15) is 5.56 Å². The van der Waals surface area contributed by atoms with Gasteiger partial charge in [0, 0.05) is 12.1 Å². The highest BCUT2D eigenvalue weighted by molar-refractivity contribution is 6.02. The molecule has 1 aliphatic rings. The summed E-state index contributed by atoms with van der Waals surface area (Å²) in [7, 11) is 2.78. The molecule has 1 atom stereocenters. The van der Waals surface area contributed by atoms with Gasteiger partial charge < -0.3 is 14.6 Å². The maximum atomic E-state index is 12.6. The number of rotatable bonds is 7. The molecule has 2 rings (SSSR count). The minimum absolute atomic E-state index is 0.0140. The van der Waals surface area contributed by atoms with Gasteiger partial charge in [-0.15, -0.1) is 0 Å². The third kappa shape index (κ3) is 3.82. The van der Waals surface area contributed by atoms with Crippen molar-refractivity contribution in [1.29, 1.82) is 0 Å². The molecule has 1 fully saturated rings. The minimum atomic E-state index is -0.602. The van der Waals surface area contributed by atoms with Gasteiger partial charge in [0.05, 0.1) is 38.4 Å². The lowest BCUT2D eigenvalue weighted by Crippen LogP contribution is -2.44. The van der Waals surface area contributed by atoms with Gasteiger partial charge in [0.25, 0.3) is 5.69 Å². The second kappa shape index (κ2) is 8.07. The Labute approximate surface area is 140 Å². The number of hydrogen-bond donors (Lipinski definition) is 1. The van der Waals surface area contributed by atoms with Crippen molar-refractivity contribution in [1.82, 2.24) is 4.90 Å². The summed E-state index contributed by atoms with van der Waals surface area (Å²) in [5.74, 6) is 0.0961. The van der Waals surface area contributed by atoms with Crippen LogP contribution in [0, 0.1) is 10.1 Å². The zero-order valence-corrected chi connectivity index (χ0v) is 13.9. The third-order valence-electron chi connectivity index (χ3n) is 4.31. The highest BCUT2D eigenvalue weighted by Gasteiger charge is 2.29. The Kier molecular flexibility index (Phi) is 6.10. The van der Waals surface area contributed by atoms with Crippen molar-refractivity contribution >= 4 is 11.5 Å². The molecule has 24 heavy (non-hydrogen) atoms. The molecule has 1 saturated heterocycles. The molecule has 0 unspecified atom stereocenters. The summed E-state index contributed by atoms with van der Waals surface area (Å²) in [4.78, 5) is 25.2. The van der Waals surface area contributed by atoms with Crippen LogP contribution in [-0.4, -0.2) is 60.7 Å². The molecule has 1 heterocycles. The van der Waals surface area contributed by atoms with Crippen molar-refractivity contribution in [2.75, 3.05) is 33.9 Å². The molecular formula is C16H22N2O6. The summed E-state index contributed by atoms with van der Waals surface area (Å²) in [6.07, 6.45) is 2.77. The summed E-state index contributed by atoms with van der Waals surface area (Å²) >= 11 is 0. The number of aliphatic hydroxyl groups is 1. The maximum Gasteiger partial charge on any atom is 0.284 e. The SMILES string of the molecule is COc1cc(C(=O)CN2CCCC[C@H]2CO)c([N+](=O)[O-])cc1OC. The molecule has 8 nitrogen and oxygen atoms in total. The van der Waals surface area contributed by atoms with Crippen molar-refractivity contribution in [2.24, 2.45) is 0 Å². The van der Waals surface area contributed by atoms with E-state index in [-0.39, 0.29) is 47.7 Å². The van der Waals surface area contributed by atoms with E-state index in [0.29, 0.717) is 6.54 Å². The first-order valence-electron chi connectivity index (χ1n) is 7.80. The van der Waals surface area contributed by atoms with E-state index in [2.05, 4.69) is 0 Å². The fraction of sp³-hybridized carbons (Fsp3) is 0.562. The van der Waals surface area contributed by atoms with Crippen molar-refractivity contribution in [2.45, 2.75) is 25.3 Å². The molecule has 0 spiro atoms. The number of nitrogens with zero attached hydrogens (tertiary/aromatic N) is 2. The first-order valence-corrected chi connectivity index (χ1v) is 7.80. The molecule has 1 N–H and O–H groups in total. The minimum Gasteiger partial charge on any atom is -0.493 e. The van der Waals surface area contributed by atoms with Crippen LogP contribution in [0.2, 0.25) is 0 Å². The van der Waals surface area contributed by atoms with Crippen molar-refractivity contribution in [3.8, 4) is 11.5 Å². The van der Waals surface area contributed by atoms with Gasteiger partial charge in [-0.3, -0.25) is 19.8 Å². The van der Waals surface area contributed by atoms with Crippen molar-refractivity contribution < 1.29 is 24.3 Å². The van der Waals surface area contributed by atoms with E-state index < -0.39 is 4.92 Å². The van der Waals surface area contributed by atoms with Gasteiger partial charge in [0.2, 0.25) is 0 Å². The highest BCUT2D eigenvalue weighted by Crippen LogP contribution is 2.35. The Hall–Kier alpha value is -2.19. The fourth-order valence-corrected chi connectivity index (χ4v) is 2.99. The number of aliphatic hydroxyl groups excluding tert-OH is 1. The standard InChI is InChI=1S/C16H22N2O6/c1-23-15-7-12(13(18(21)22)8-16(15)24-2)14(20)9-17-6-4-3-5-11(17)10-19/h7-8,11,19H,3-6,9-10H2,1-2H3/t11-/m0/s1. The van der Waals surface area contributed by atoms with E-state index in [9.17, 15) is 20.0 Å². The number of Topliss-reactive ketones (excluding diaryl/α,β-unsaturated/α-hetero) is 1. The van der Waals surface area contributed by atoms with Crippen LogP contribution in [0.5, 0.6) is 11.5 Å².